The average Bonchev–Trinajstić information content (AvgIpc) is 2.69. The zero-order chi connectivity index (χ0) is 19.9. The van der Waals surface area contributed by atoms with Crippen LogP contribution in [0, 0.1) is 0 Å². The third-order valence-corrected chi connectivity index (χ3v) is 3.65. The van der Waals surface area contributed by atoms with Crippen molar-refractivity contribution in [3.8, 4) is 28.0 Å². The number of carbonyl (C=O) groups is 1. The van der Waals surface area contributed by atoms with Gasteiger partial charge in [-0.15, -0.1) is 0 Å². The number of hydrogen-bond acceptors (Lipinski definition) is 3. The lowest BCUT2D eigenvalue weighted by atomic mass is 10.0. The molecule has 0 N–H and O–H groups in total. The molecule has 7 heteroatoms. The predicted molar refractivity (Wildman–Crippen MR) is 106 cm³/mol. The molecule has 0 saturated heterocycles. The lowest BCUT2D eigenvalue weighted by molar-refractivity contribution is -0.344. The first kappa shape index (κ1) is 23.1. The second kappa shape index (κ2) is 10.4. The van der Waals surface area contributed by atoms with Crippen LogP contribution in [0.25, 0.3) is 22.3 Å². The normalized spacial score (nSPS) is 10.1. The summed E-state index contributed by atoms with van der Waals surface area (Å²) < 4.78 is 36.7. The van der Waals surface area contributed by atoms with E-state index in [0.29, 0.717) is 0 Å². The van der Waals surface area contributed by atoms with Crippen LogP contribution in [0.3, 0.4) is 0 Å². The maximum Gasteiger partial charge on any atom is 0.430 e. The molecule has 0 saturated carbocycles. The van der Waals surface area contributed by atoms with Crippen LogP contribution in [0.1, 0.15) is 0 Å². The summed E-state index contributed by atoms with van der Waals surface area (Å²) in [6, 6.07) is 27.2. The van der Waals surface area contributed by atoms with Gasteiger partial charge in [0.1, 0.15) is 11.7 Å². The van der Waals surface area contributed by atoms with Gasteiger partial charge in [0.05, 0.1) is 7.11 Å². The number of benzene rings is 3. The number of hydrogen-bond donors (Lipinski definition) is 0. The van der Waals surface area contributed by atoms with Crippen LogP contribution in [0.15, 0.2) is 78.9 Å². The Morgan fingerprint density at radius 3 is 1.39 bits per heavy atom. The van der Waals surface area contributed by atoms with Crippen molar-refractivity contribution in [3.63, 3.8) is 0 Å². The highest BCUT2D eigenvalue weighted by Gasteiger charge is 2.28. The predicted octanol–water partition coefficient (Wildman–Crippen LogP) is 3.52. The van der Waals surface area contributed by atoms with Crippen LogP contribution >= 0.6 is 0 Å². The molecular weight excluding hydrogens is 389 g/mol. The van der Waals surface area contributed by atoms with Gasteiger partial charge in [0.2, 0.25) is 0 Å². The maximum atomic E-state index is 10.5. The molecule has 0 amide bonds. The van der Waals surface area contributed by atoms with E-state index in [1.165, 1.54) is 22.3 Å². The van der Waals surface area contributed by atoms with Crippen molar-refractivity contribution in [2.24, 2.45) is 0 Å². The number of carbonyl (C=O) groups excluding carboxylic acids is 1. The lowest BCUT2D eigenvalue weighted by Crippen LogP contribution is -2.37. The first-order valence-corrected chi connectivity index (χ1v) is 7.89. The van der Waals surface area contributed by atoms with E-state index in [9.17, 15) is 13.2 Å². The largest absolute Gasteiger partial charge is 0.542 e. The van der Waals surface area contributed by atoms with E-state index in [4.69, 9.17) is 14.6 Å². The van der Waals surface area contributed by atoms with Crippen molar-refractivity contribution in [2.45, 2.75) is 6.18 Å². The molecule has 0 radical (unpaired) electrons. The molecule has 0 aliphatic heterocycles. The van der Waals surface area contributed by atoms with E-state index < -0.39 is 12.1 Å². The number of carboxylic acid groups (broad SMARTS) is 1. The molecule has 0 aromatic heterocycles. The van der Waals surface area contributed by atoms with Gasteiger partial charge in [0.25, 0.3) is 0 Å². The SMILES string of the molecule is COc1ccc(-c2ccc(-c3ccccc3)cc2)cc1.O=C([O-])C(F)(F)F.[SH3+]. The fourth-order valence-electron chi connectivity index (χ4n) is 2.27. The Balaban J connectivity index is 0.000000425. The Labute approximate surface area is 167 Å². The standard InChI is InChI=1S/C19H16O.C2HF3O2.H2S/c1-20-19-13-11-18(12-14-19)17-9-7-16(8-10-17)15-5-3-2-4-6-15;3-2(4,5)1(6)7;/h2-14H,1H3;(H,6,7);1H2. The van der Waals surface area contributed by atoms with Gasteiger partial charge in [0.15, 0.2) is 0 Å². The summed E-state index contributed by atoms with van der Waals surface area (Å²) in [6.07, 6.45) is -5.19. The average molecular weight is 408 g/mol. The molecule has 0 aliphatic rings. The van der Waals surface area contributed by atoms with E-state index in [2.05, 4.69) is 60.7 Å². The summed E-state index contributed by atoms with van der Waals surface area (Å²) >= 11 is 0. The zero-order valence-corrected chi connectivity index (χ0v) is 16.1. The number of halogens is 3. The summed E-state index contributed by atoms with van der Waals surface area (Å²) in [6.45, 7) is 0. The third kappa shape index (κ3) is 6.66. The van der Waals surface area contributed by atoms with Gasteiger partial charge in [-0.2, -0.15) is 13.2 Å². The second-order valence-corrected chi connectivity index (χ2v) is 5.46. The Morgan fingerprint density at radius 2 is 1.07 bits per heavy atom. The Morgan fingerprint density at radius 1 is 0.750 bits per heavy atom. The Bertz CT molecular complexity index is 862. The van der Waals surface area contributed by atoms with Gasteiger partial charge >= 0.3 is 6.18 Å². The smallest absolute Gasteiger partial charge is 0.430 e. The molecule has 0 fully saturated rings. The van der Waals surface area contributed by atoms with Crippen molar-refractivity contribution < 1.29 is 27.8 Å². The molecule has 28 heavy (non-hydrogen) atoms. The van der Waals surface area contributed by atoms with E-state index in [0.717, 1.165) is 5.75 Å². The topological polar surface area (TPSA) is 49.4 Å². The number of aliphatic carboxylic acids is 1. The van der Waals surface area contributed by atoms with Gasteiger partial charge < -0.3 is 14.6 Å². The first-order valence-electron chi connectivity index (χ1n) is 7.89. The van der Waals surface area contributed by atoms with E-state index >= 15 is 0 Å². The fourth-order valence-corrected chi connectivity index (χ4v) is 2.27. The van der Waals surface area contributed by atoms with Gasteiger partial charge in [-0.1, -0.05) is 80.2 Å². The molecule has 3 aromatic rings. The lowest BCUT2D eigenvalue weighted by Gasteiger charge is -2.06. The van der Waals surface area contributed by atoms with E-state index in [1.807, 2.05) is 18.2 Å². The molecule has 0 atom stereocenters. The van der Waals surface area contributed by atoms with Gasteiger partial charge in [-0.3, -0.25) is 0 Å². The van der Waals surface area contributed by atoms with Crippen LogP contribution in [0.5, 0.6) is 5.75 Å². The van der Waals surface area contributed by atoms with Crippen LogP contribution in [-0.2, 0) is 18.3 Å². The number of carboxylic acids is 1. The molecule has 3 nitrogen and oxygen atoms in total. The minimum atomic E-state index is -5.19. The van der Waals surface area contributed by atoms with Crippen LogP contribution < -0.4 is 9.84 Å². The highest BCUT2D eigenvalue weighted by molar-refractivity contribution is 7.37. The number of methoxy groups -OCH3 is 1. The Kier molecular flexibility index (Phi) is 8.60. The summed E-state index contributed by atoms with van der Waals surface area (Å²) in [5.74, 6) is -2.12. The third-order valence-electron chi connectivity index (χ3n) is 3.65. The Hall–Kier alpha value is -2.93. The highest BCUT2D eigenvalue weighted by atomic mass is 32.1. The molecule has 0 heterocycles. The van der Waals surface area contributed by atoms with E-state index in [-0.39, 0.29) is 13.5 Å². The molecule has 0 spiro atoms. The molecule has 0 aliphatic carbocycles. The quantitative estimate of drug-likeness (QED) is 0.623. The van der Waals surface area contributed by atoms with Crippen LogP contribution in [-0.4, -0.2) is 19.3 Å². The van der Waals surface area contributed by atoms with Crippen molar-refractivity contribution in [3.05, 3.63) is 78.9 Å². The molecule has 0 bridgehead atoms. The second-order valence-electron chi connectivity index (χ2n) is 5.46. The van der Waals surface area contributed by atoms with Gasteiger partial charge in [-0.25, -0.2) is 0 Å². The maximum absolute atomic E-state index is 10.5. The number of rotatable bonds is 3. The molecule has 148 valence electrons. The first-order chi connectivity index (χ1) is 12.8. The zero-order valence-electron chi connectivity index (χ0n) is 14.9. The summed E-state index contributed by atoms with van der Waals surface area (Å²) in [5.41, 5.74) is 4.90. The highest BCUT2D eigenvalue weighted by Crippen LogP contribution is 2.26. The summed E-state index contributed by atoms with van der Waals surface area (Å²) in [4.78, 5) is 8.78. The minimum absolute atomic E-state index is 0. The van der Waals surface area contributed by atoms with Crippen molar-refractivity contribution in [2.75, 3.05) is 7.11 Å². The number of alkyl halides is 3. The van der Waals surface area contributed by atoms with Crippen LogP contribution in [0.4, 0.5) is 13.2 Å². The van der Waals surface area contributed by atoms with Gasteiger partial charge in [0, 0.05) is 0 Å². The minimum Gasteiger partial charge on any atom is -0.542 e. The van der Waals surface area contributed by atoms with Crippen molar-refractivity contribution in [1.29, 1.82) is 0 Å². The fraction of sp³-hybridized carbons (Fsp3) is 0.0952. The molecule has 3 rings (SSSR count). The van der Waals surface area contributed by atoms with Crippen LogP contribution in [0.2, 0.25) is 0 Å². The van der Waals surface area contributed by atoms with Crippen molar-refractivity contribution in [1.82, 2.24) is 0 Å². The van der Waals surface area contributed by atoms with E-state index in [1.54, 1.807) is 7.11 Å². The van der Waals surface area contributed by atoms with Crippen molar-refractivity contribution >= 4 is 19.5 Å². The summed E-state index contributed by atoms with van der Waals surface area (Å²) in [7, 11) is 1.68. The summed E-state index contributed by atoms with van der Waals surface area (Å²) in [5, 5.41) is 8.78. The monoisotopic (exact) mass is 408 g/mol. The molecular formula is C21H19F3O3S. The van der Waals surface area contributed by atoms with Gasteiger partial charge in [-0.05, 0) is 34.4 Å². The number of ether oxygens (including phenoxy) is 1. The molecule has 3 aromatic carbocycles. The molecule has 0 unspecified atom stereocenters.